The lowest BCUT2D eigenvalue weighted by Crippen LogP contribution is -2.43. The highest BCUT2D eigenvalue weighted by atomic mass is 16.1. The number of rotatable bonds is 5. The normalized spacial score (nSPS) is 16.2. The first-order chi connectivity index (χ1) is 15.2. The minimum absolute atomic E-state index is 0.120. The summed E-state index contributed by atoms with van der Waals surface area (Å²) < 4.78 is 0. The van der Waals surface area contributed by atoms with Crippen LogP contribution in [0.5, 0.6) is 0 Å². The van der Waals surface area contributed by atoms with Gasteiger partial charge in [0.05, 0.1) is 11.4 Å². The zero-order valence-electron chi connectivity index (χ0n) is 17.6. The molecule has 158 valence electrons. The molecular formula is C26H28N4O. The summed E-state index contributed by atoms with van der Waals surface area (Å²) in [5.41, 5.74) is 12.8. The van der Waals surface area contributed by atoms with Crippen molar-refractivity contribution in [3.63, 3.8) is 0 Å². The molecule has 3 aromatic rings. The Balaban J connectivity index is 1.40. The Bertz CT molecular complexity index is 1090. The average molecular weight is 413 g/mol. The Hall–Kier alpha value is -3.31. The minimum Gasteiger partial charge on any atom is -0.397 e. The topological polar surface area (TPSA) is 70.4 Å². The van der Waals surface area contributed by atoms with Crippen molar-refractivity contribution in [1.82, 2.24) is 5.32 Å². The number of piperazine rings is 1. The Morgan fingerprint density at radius 3 is 2.45 bits per heavy atom. The number of nitrogen functional groups attached to an aromatic ring is 1. The number of hydrogen-bond donors (Lipinski definition) is 3. The van der Waals surface area contributed by atoms with E-state index in [1.807, 2.05) is 54.6 Å². The fourth-order valence-electron chi connectivity index (χ4n) is 4.28. The molecule has 1 aliphatic heterocycles. The molecule has 5 heteroatoms. The van der Waals surface area contributed by atoms with E-state index in [-0.39, 0.29) is 5.91 Å². The Kier molecular flexibility index (Phi) is 5.35. The number of carbonyl (C=O) groups excluding carboxylic acids is 1. The molecule has 0 bridgehead atoms. The second kappa shape index (κ2) is 8.44. The Labute approximate surface area is 183 Å². The first-order valence-electron chi connectivity index (χ1n) is 11.0. The third kappa shape index (κ3) is 4.28. The third-order valence-corrected chi connectivity index (χ3v) is 6.17. The quantitative estimate of drug-likeness (QED) is 0.541. The average Bonchev–Trinajstić information content (AvgIpc) is 3.67. The lowest BCUT2D eigenvalue weighted by atomic mass is 10.0. The van der Waals surface area contributed by atoms with Gasteiger partial charge in [-0.3, -0.25) is 4.79 Å². The number of nitrogens with zero attached hydrogens (tertiary/aromatic N) is 1. The maximum Gasteiger partial charge on any atom is 0.255 e. The van der Waals surface area contributed by atoms with Gasteiger partial charge in [0, 0.05) is 37.4 Å². The Morgan fingerprint density at radius 2 is 1.71 bits per heavy atom. The molecule has 5 rings (SSSR count). The third-order valence-electron chi connectivity index (χ3n) is 6.17. The standard InChI is InChI=1S/C26H28N4O/c27-23-10-8-20(18-4-2-1-3-5-18)17-24(23)29-26(31)21-9-11-25(22(16-21)19-6-7-19)30-14-12-28-13-15-30/h1-5,8-11,16-17,19,28H,6-7,12-15,27H2,(H,29,31). The van der Waals surface area contributed by atoms with Gasteiger partial charge in [0.15, 0.2) is 0 Å². The van der Waals surface area contributed by atoms with Crippen LogP contribution in [0.2, 0.25) is 0 Å². The first-order valence-corrected chi connectivity index (χ1v) is 11.0. The zero-order valence-corrected chi connectivity index (χ0v) is 17.6. The van der Waals surface area contributed by atoms with Crippen molar-refractivity contribution in [1.29, 1.82) is 0 Å². The number of benzene rings is 3. The number of hydrogen-bond acceptors (Lipinski definition) is 4. The van der Waals surface area contributed by atoms with Crippen molar-refractivity contribution in [2.45, 2.75) is 18.8 Å². The molecule has 1 saturated carbocycles. The molecule has 1 saturated heterocycles. The van der Waals surface area contributed by atoms with Gasteiger partial charge in [-0.15, -0.1) is 0 Å². The van der Waals surface area contributed by atoms with Crippen LogP contribution in [0.15, 0.2) is 66.7 Å². The molecular weight excluding hydrogens is 384 g/mol. The van der Waals surface area contributed by atoms with Gasteiger partial charge in [-0.05, 0) is 65.8 Å². The summed E-state index contributed by atoms with van der Waals surface area (Å²) in [6.07, 6.45) is 2.41. The van der Waals surface area contributed by atoms with Gasteiger partial charge in [0.1, 0.15) is 0 Å². The van der Waals surface area contributed by atoms with E-state index < -0.39 is 0 Å². The summed E-state index contributed by atoms with van der Waals surface area (Å²) in [6.45, 7) is 4.02. The van der Waals surface area contributed by atoms with Gasteiger partial charge in [0.2, 0.25) is 0 Å². The van der Waals surface area contributed by atoms with E-state index >= 15 is 0 Å². The lowest BCUT2D eigenvalue weighted by Gasteiger charge is -2.31. The van der Waals surface area contributed by atoms with E-state index in [4.69, 9.17) is 5.73 Å². The van der Waals surface area contributed by atoms with E-state index in [0.29, 0.717) is 22.9 Å². The summed E-state index contributed by atoms with van der Waals surface area (Å²) >= 11 is 0. The van der Waals surface area contributed by atoms with Gasteiger partial charge in [-0.1, -0.05) is 36.4 Å². The number of nitrogens with one attached hydrogen (secondary N) is 2. The van der Waals surface area contributed by atoms with Crippen molar-refractivity contribution in [3.8, 4) is 11.1 Å². The monoisotopic (exact) mass is 412 g/mol. The van der Waals surface area contributed by atoms with Gasteiger partial charge in [-0.2, -0.15) is 0 Å². The highest BCUT2D eigenvalue weighted by molar-refractivity contribution is 6.06. The van der Waals surface area contributed by atoms with E-state index in [0.717, 1.165) is 37.3 Å². The van der Waals surface area contributed by atoms with Crippen molar-refractivity contribution >= 4 is 23.0 Å². The smallest absolute Gasteiger partial charge is 0.255 e. The van der Waals surface area contributed by atoms with Crippen LogP contribution < -0.4 is 21.3 Å². The molecule has 1 heterocycles. The van der Waals surface area contributed by atoms with Crippen LogP contribution >= 0.6 is 0 Å². The number of amides is 1. The SMILES string of the molecule is Nc1ccc(-c2ccccc2)cc1NC(=O)c1ccc(N2CCNCC2)c(C2CC2)c1. The number of nitrogens with two attached hydrogens (primary N) is 1. The van der Waals surface area contributed by atoms with E-state index in [1.165, 1.54) is 24.1 Å². The molecule has 0 spiro atoms. The molecule has 0 atom stereocenters. The molecule has 0 unspecified atom stereocenters. The van der Waals surface area contributed by atoms with Gasteiger partial charge in [-0.25, -0.2) is 0 Å². The van der Waals surface area contributed by atoms with Gasteiger partial charge >= 0.3 is 0 Å². The number of anilines is 3. The van der Waals surface area contributed by atoms with Crippen molar-refractivity contribution in [2.75, 3.05) is 42.1 Å². The summed E-state index contributed by atoms with van der Waals surface area (Å²) in [5, 5.41) is 6.44. The highest BCUT2D eigenvalue weighted by Crippen LogP contribution is 2.45. The van der Waals surface area contributed by atoms with Crippen LogP contribution in [0.25, 0.3) is 11.1 Å². The molecule has 2 aliphatic rings. The van der Waals surface area contributed by atoms with Crippen molar-refractivity contribution < 1.29 is 4.79 Å². The van der Waals surface area contributed by atoms with E-state index in [1.54, 1.807) is 0 Å². The van der Waals surface area contributed by atoms with Crippen LogP contribution in [0.1, 0.15) is 34.7 Å². The second-order valence-electron chi connectivity index (χ2n) is 8.41. The summed E-state index contributed by atoms with van der Waals surface area (Å²) in [5.74, 6) is 0.454. The second-order valence-corrected chi connectivity index (χ2v) is 8.41. The zero-order chi connectivity index (χ0) is 21.2. The fraction of sp³-hybridized carbons (Fsp3) is 0.269. The molecule has 2 fully saturated rings. The van der Waals surface area contributed by atoms with E-state index in [9.17, 15) is 4.79 Å². The van der Waals surface area contributed by atoms with E-state index in [2.05, 4.69) is 27.7 Å². The minimum atomic E-state index is -0.120. The van der Waals surface area contributed by atoms with Crippen LogP contribution in [0, 0.1) is 0 Å². The molecule has 1 amide bonds. The van der Waals surface area contributed by atoms with Crippen LogP contribution in [-0.2, 0) is 0 Å². The number of carbonyl (C=O) groups is 1. The molecule has 1 aliphatic carbocycles. The summed E-state index contributed by atoms with van der Waals surface area (Å²) in [4.78, 5) is 15.5. The molecule has 0 radical (unpaired) electrons. The predicted octanol–water partition coefficient (Wildman–Crippen LogP) is 4.48. The first kappa shape index (κ1) is 19.6. The molecule has 5 nitrogen and oxygen atoms in total. The van der Waals surface area contributed by atoms with Crippen molar-refractivity contribution in [3.05, 3.63) is 77.9 Å². The van der Waals surface area contributed by atoms with Gasteiger partial charge < -0.3 is 21.3 Å². The molecule has 0 aromatic heterocycles. The molecule has 31 heavy (non-hydrogen) atoms. The van der Waals surface area contributed by atoms with Crippen LogP contribution in [-0.4, -0.2) is 32.1 Å². The van der Waals surface area contributed by atoms with Crippen LogP contribution in [0.4, 0.5) is 17.1 Å². The lowest BCUT2D eigenvalue weighted by molar-refractivity contribution is 0.102. The molecule has 4 N–H and O–H groups in total. The summed E-state index contributed by atoms with van der Waals surface area (Å²) in [6, 6.07) is 22.0. The molecule has 3 aromatic carbocycles. The summed E-state index contributed by atoms with van der Waals surface area (Å²) in [7, 11) is 0. The maximum absolute atomic E-state index is 13.1. The highest BCUT2D eigenvalue weighted by Gasteiger charge is 2.29. The fourth-order valence-corrected chi connectivity index (χ4v) is 4.28. The predicted molar refractivity (Wildman–Crippen MR) is 128 cm³/mol. The van der Waals surface area contributed by atoms with Crippen molar-refractivity contribution in [2.24, 2.45) is 0 Å². The Morgan fingerprint density at radius 1 is 0.935 bits per heavy atom. The maximum atomic E-state index is 13.1. The van der Waals surface area contributed by atoms with Crippen LogP contribution in [0.3, 0.4) is 0 Å². The largest absolute Gasteiger partial charge is 0.397 e. The van der Waals surface area contributed by atoms with Gasteiger partial charge in [0.25, 0.3) is 5.91 Å².